The Balaban J connectivity index is 1.16. The van der Waals surface area contributed by atoms with E-state index in [1.165, 1.54) is 23.5 Å². The topological polar surface area (TPSA) is 152 Å². The second-order valence-electron chi connectivity index (χ2n) is 9.38. The minimum absolute atomic E-state index is 0.132. The summed E-state index contributed by atoms with van der Waals surface area (Å²) in [6.45, 7) is 0. The van der Waals surface area contributed by atoms with Gasteiger partial charge in [0.1, 0.15) is 11.5 Å². The van der Waals surface area contributed by atoms with Crippen molar-refractivity contribution < 1.29 is 10.2 Å². The first kappa shape index (κ1) is 29.7. The maximum Gasteiger partial charge on any atom is 0.212 e. The van der Waals surface area contributed by atoms with E-state index in [0.717, 1.165) is 29.1 Å². The van der Waals surface area contributed by atoms with E-state index in [1.807, 2.05) is 36.4 Å². The molecule has 0 aliphatic rings. The smallest absolute Gasteiger partial charge is 0.212 e. The van der Waals surface area contributed by atoms with Gasteiger partial charge in [-0.05, 0) is 55.0 Å². The summed E-state index contributed by atoms with van der Waals surface area (Å²) in [5.41, 5.74) is 2.70. The molecule has 2 N–H and O–H groups in total. The van der Waals surface area contributed by atoms with Gasteiger partial charge in [0, 0.05) is 58.5 Å². The molecule has 224 valence electrons. The van der Waals surface area contributed by atoms with Gasteiger partial charge in [0.15, 0.2) is 11.6 Å². The highest BCUT2D eigenvalue weighted by Crippen LogP contribution is 2.27. The van der Waals surface area contributed by atoms with Crippen LogP contribution in [-0.4, -0.2) is 73.9 Å². The molecule has 45 heavy (non-hydrogen) atoms. The van der Waals surface area contributed by atoms with Crippen LogP contribution in [0.3, 0.4) is 0 Å². The molecule has 0 saturated heterocycles. The minimum atomic E-state index is 0.132. The Bertz CT molecular complexity index is 1790. The molecule has 0 fully saturated rings. The van der Waals surface area contributed by atoms with E-state index in [9.17, 15) is 10.2 Å². The number of nitrogens with zero attached hydrogens (tertiary/aromatic N) is 10. The van der Waals surface area contributed by atoms with Crippen LogP contribution in [0.1, 0.15) is 17.5 Å². The molecule has 0 unspecified atom stereocenters. The highest BCUT2D eigenvalue weighted by Gasteiger charge is 2.16. The van der Waals surface area contributed by atoms with E-state index in [0.29, 0.717) is 33.1 Å². The lowest BCUT2D eigenvalue weighted by Crippen LogP contribution is -1.99. The molecule has 0 atom stereocenters. The molecule has 14 heteroatoms. The van der Waals surface area contributed by atoms with Crippen molar-refractivity contribution in [2.45, 2.75) is 16.7 Å². The van der Waals surface area contributed by atoms with E-state index in [1.54, 1.807) is 83.0 Å². The number of benzene rings is 2. The van der Waals surface area contributed by atoms with Crippen LogP contribution < -0.4 is 0 Å². The largest absolute Gasteiger partial charge is 0.507 e. The summed E-state index contributed by atoms with van der Waals surface area (Å²) >= 11 is 3.05. The number of phenols is 2. The summed E-state index contributed by atoms with van der Waals surface area (Å²) in [6, 6.07) is 21.4. The molecule has 2 aromatic carbocycles. The summed E-state index contributed by atoms with van der Waals surface area (Å²) in [4.78, 5) is 8.40. The van der Waals surface area contributed by atoms with E-state index in [2.05, 4.69) is 40.6 Å². The average Bonchev–Trinajstić information content (AvgIpc) is 3.68. The molecule has 0 spiro atoms. The van der Waals surface area contributed by atoms with Crippen LogP contribution in [0.25, 0.3) is 22.8 Å². The lowest BCUT2D eigenvalue weighted by molar-refractivity contribution is 0.474. The first-order valence-corrected chi connectivity index (χ1v) is 15.8. The number of thioether (sulfide) groups is 2. The molecule has 12 nitrogen and oxygen atoms in total. The van der Waals surface area contributed by atoms with Crippen molar-refractivity contribution in [3.05, 3.63) is 109 Å². The monoisotopic (exact) mass is 634 g/mol. The summed E-state index contributed by atoms with van der Waals surface area (Å²) in [6.07, 6.45) is 10.8. The Hall–Kier alpha value is -5.34. The van der Waals surface area contributed by atoms with Crippen molar-refractivity contribution >= 4 is 36.0 Å². The summed E-state index contributed by atoms with van der Waals surface area (Å²) in [7, 11) is 0. The SMILES string of the molecule is Oc1ccccc1/C=N\n1c(SCCCSc2nnc(-c3cccnc3)n2/N=C\c2ccccc2O)nnc1-c1cccnc1. The molecule has 0 bridgehead atoms. The zero-order chi connectivity index (χ0) is 30.8. The molecule has 0 aliphatic carbocycles. The van der Waals surface area contributed by atoms with Gasteiger partial charge in [0.05, 0.1) is 12.4 Å². The van der Waals surface area contributed by atoms with Gasteiger partial charge in [0.25, 0.3) is 0 Å². The van der Waals surface area contributed by atoms with Crippen molar-refractivity contribution in [2.75, 3.05) is 11.5 Å². The van der Waals surface area contributed by atoms with Crippen molar-refractivity contribution in [3.63, 3.8) is 0 Å². The standard InChI is InChI=1S/C31H26N10O2S2/c42-26-12-3-1-8-22(26)20-34-40-28(24-10-5-14-32-18-24)36-38-30(40)44-16-7-17-45-31-39-37-29(25-11-6-15-33-19-25)41(31)35-21-23-9-2-4-13-27(23)43/h1-6,8-15,18-21,42-43H,7,16-17H2/b34-20-,35-21-. The van der Waals surface area contributed by atoms with Gasteiger partial charge in [-0.1, -0.05) is 47.8 Å². The van der Waals surface area contributed by atoms with Gasteiger partial charge in [0.2, 0.25) is 10.3 Å². The molecule has 6 aromatic rings. The number of phenolic OH excluding ortho intramolecular Hbond substituents is 2. The lowest BCUT2D eigenvalue weighted by atomic mass is 10.2. The van der Waals surface area contributed by atoms with Gasteiger partial charge in [-0.2, -0.15) is 19.6 Å². The number of hydrogen-bond donors (Lipinski definition) is 2. The number of para-hydroxylation sites is 2. The minimum Gasteiger partial charge on any atom is -0.507 e. The fourth-order valence-electron chi connectivity index (χ4n) is 4.09. The molecule has 6 rings (SSSR count). The lowest BCUT2D eigenvalue weighted by Gasteiger charge is -2.06. The van der Waals surface area contributed by atoms with Crippen LogP contribution in [0.5, 0.6) is 11.5 Å². The molecule has 4 heterocycles. The van der Waals surface area contributed by atoms with Crippen molar-refractivity contribution in [2.24, 2.45) is 10.2 Å². The van der Waals surface area contributed by atoms with E-state index in [4.69, 9.17) is 0 Å². The second-order valence-corrected chi connectivity index (χ2v) is 11.5. The van der Waals surface area contributed by atoms with Crippen molar-refractivity contribution in [1.29, 1.82) is 0 Å². The van der Waals surface area contributed by atoms with Crippen LogP contribution in [0.4, 0.5) is 0 Å². The third kappa shape index (κ3) is 7.25. The van der Waals surface area contributed by atoms with Crippen molar-refractivity contribution in [1.82, 2.24) is 39.7 Å². The van der Waals surface area contributed by atoms with Gasteiger partial charge < -0.3 is 10.2 Å². The normalized spacial score (nSPS) is 11.6. The Morgan fingerprint density at radius 1 is 0.600 bits per heavy atom. The number of hydrogen-bond acceptors (Lipinski definition) is 12. The Morgan fingerprint density at radius 2 is 1.07 bits per heavy atom. The first-order valence-electron chi connectivity index (χ1n) is 13.8. The molecule has 0 aliphatic heterocycles. The summed E-state index contributed by atoms with van der Waals surface area (Å²) in [5, 5.41) is 48.3. The molecule has 4 aromatic heterocycles. The summed E-state index contributed by atoms with van der Waals surface area (Å²) < 4.78 is 3.32. The van der Waals surface area contributed by atoms with Crippen LogP contribution in [0, 0.1) is 0 Å². The first-order chi connectivity index (χ1) is 22.2. The van der Waals surface area contributed by atoms with E-state index in [-0.39, 0.29) is 11.5 Å². The predicted molar refractivity (Wildman–Crippen MR) is 175 cm³/mol. The maximum atomic E-state index is 10.2. The average molecular weight is 635 g/mol. The zero-order valence-corrected chi connectivity index (χ0v) is 25.3. The van der Waals surface area contributed by atoms with Crippen LogP contribution >= 0.6 is 23.5 Å². The summed E-state index contributed by atoms with van der Waals surface area (Å²) in [5.74, 6) is 2.82. The quantitative estimate of drug-likeness (QED) is 0.101. The maximum absolute atomic E-state index is 10.2. The fraction of sp³-hybridized carbons (Fsp3) is 0.0968. The molecule has 0 amide bonds. The number of pyridine rings is 2. The Labute approximate surface area is 266 Å². The zero-order valence-electron chi connectivity index (χ0n) is 23.7. The highest BCUT2D eigenvalue weighted by molar-refractivity contribution is 8.00. The third-order valence-corrected chi connectivity index (χ3v) is 8.32. The predicted octanol–water partition coefficient (Wildman–Crippen LogP) is 5.44. The molecule has 0 saturated carbocycles. The Morgan fingerprint density at radius 3 is 1.49 bits per heavy atom. The molecular weight excluding hydrogens is 609 g/mol. The number of aromatic nitrogens is 8. The third-order valence-electron chi connectivity index (χ3n) is 6.31. The Kier molecular flexibility index (Phi) is 9.52. The van der Waals surface area contributed by atoms with Gasteiger partial charge in [-0.3, -0.25) is 9.97 Å². The fourth-order valence-corrected chi connectivity index (χ4v) is 5.92. The molecular formula is C31H26N10O2S2. The number of aromatic hydroxyl groups is 2. The van der Waals surface area contributed by atoms with Crippen LogP contribution in [0.2, 0.25) is 0 Å². The highest BCUT2D eigenvalue weighted by atomic mass is 32.2. The van der Waals surface area contributed by atoms with Crippen LogP contribution in [-0.2, 0) is 0 Å². The van der Waals surface area contributed by atoms with Gasteiger partial charge in [-0.25, -0.2) is 0 Å². The van der Waals surface area contributed by atoms with Crippen LogP contribution in [0.15, 0.2) is 118 Å². The van der Waals surface area contributed by atoms with Gasteiger partial charge in [-0.15, -0.1) is 20.4 Å². The molecule has 0 radical (unpaired) electrons. The van der Waals surface area contributed by atoms with Crippen molar-refractivity contribution in [3.8, 4) is 34.3 Å². The van der Waals surface area contributed by atoms with Gasteiger partial charge >= 0.3 is 0 Å². The second kappa shape index (κ2) is 14.4. The number of rotatable bonds is 12. The van der Waals surface area contributed by atoms with E-state index < -0.39 is 0 Å². The van der Waals surface area contributed by atoms with E-state index >= 15 is 0 Å².